The molecule has 2 unspecified atom stereocenters. The number of hydrogen-bond donors (Lipinski definition) is 5. The van der Waals surface area contributed by atoms with Crippen molar-refractivity contribution < 1.29 is 32.2 Å². The van der Waals surface area contributed by atoms with Gasteiger partial charge < -0.3 is 15.3 Å². The van der Waals surface area contributed by atoms with Crippen LogP contribution in [0.4, 0.5) is 0 Å². The van der Waals surface area contributed by atoms with Gasteiger partial charge in [0.2, 0.25) is 0 Å². The van der Waals surface area contributed by atoms with Crippen molar-refractivity contribution in [3.05, 3.63) is 33.6 Å². The van der Waals surface area contributed by atoms with Gasteiger partial charge in [0.25, 0.3) is 0 Å². The fourth-order valence-corrected chi connectivity index (χ4v) is 24.2. The molecule has 0 amide bonds. The zero-order valence-corrected chi connectivity index (χ0v) is 47.7. The Kier molecular flexibility index (Phi) is 17.7. The summed E-state index contributed by atoms with van der Waals surface area (Å²) < 4.78 is 60.7. The van der Waals surface area contributed by atoms with Gasteiger partial charge in [0, 0.05) is 5.38 Å². The zero-order valence-electron chi connectivity index (χ0n) is 39.8. The van der Waals surface area contributed by atoms with Gasteiger partial charge in [-0.25, -0.2) is 42.1 Å². The molecule has 0 aliphatic carbocycles. The van der Waals surface area contributed by atoms with Crippen LogP contribution in [-0.2, 0) is 46.5 Å². The van der Waals surface area contributed by atoms with Crippen molar-refractivity contribution in [3.8, 4) is 0 Å². The minimum absolute atomic E-state index is 0.0177. The molecule has 0 saturated heterocycles. The van der Waals surface area contributed by atoms with Crippen LogP contribution in [0.3, 0.4) is 0 Å². The third-order valence-electron chi connectivity index (χ3n) is 10.9. The topological polar surface area (TPSA) is 244 Å². The number of hydrogen-bond acceptors (Lipinski definition) is 15. The SMILES string of the molecule is CC(C)(O)c1ncc(S(=O)(=O)C[Si](C)(C)C(C)(C)C)s1.CC(C)(O)c1ncc(S(N)(=O)=N[Si](C)(C)C(C)(C)C)s1.CC(C)(O)c1ncc(S(N)(=O)=N[Si](C)(C)C(C)(C)C)s1. The zero-order chi connectivity index (χ0) is 47.9. The Balaban J connectivity index is 0.000000450. The summed E-state index contributed by atoms with van der Waals surface area (Å²) in [6.45, 7) is 41.0. The monoisotopic (exact) mass is 1010 g/mol. The van der Waals surface area contributed by atoms with Crippen LogP contribution in [0.2, 0.25) is 54.4 Å². The number of nitrogens with two attached hydrogens (primary N) is 2. The number of aromatic nitrogens is 3. The van der Waals surface area contributed by atoms with Crippen LogP contribution in [0.25, 0.3) is 0 Å². The molecule has 0 aromatic carbocycles. The summed E-state index contributed by atoms with van der Waals surface area (Å²) in [4.78, 5) is 12.3. The highest BCUT2D eigenvalue weighted by molar-refractivity contribution is 7.95. The number of sulfone groups is 1. The molecule has 0 bridgehead atoms. The van der Waals surface area contributed by atoms with E-state index in [-0.39, 0.29) is 24.7 Å². The quantitative estimate of drug-likeness (QED) is 0.120. The van der Waals surface area contributed by atoms with Gasteiger partial charge in [-0.3, -0.25) is 8.06 Å². The predicted molar refractivity (Wildman–Crippen MR) is 262 cm³/mol. The molecular weight excluding hydrogens is 931 g/mol. The fraction of sp³-hybridized carbons (Fsp3) is 0.757. The van der Waals surface area contributed by atoms with E-state index in [9.17, 15) is 32.2 Å². The minimum atomic E-state index is -3.33. The molecule has 2 atom stereocenters. The highest BCUT2D eigenvalue weighted by atomic mass is 32.2. The molecule has 0 saturated carbocycles. The van der Waals surface area contributed by atoms with Crippen molar-refractivity contribution in [3.63, 3.8) is 0 Å². The maximum absolute atomic E-state index is 12.7. The summed E-state index contributed by atoms with van der Waals surface area (Å²) in [5.41, 5.74) is -3.22. The molecule has 0 radical (unpaired) electrons. The third kappa shape index (κ3) is 15.7. The molecule has 7 N–H and O–H groups in total. The summed E-state index contributed by atoms with van der Waals surface area (Å²) in [5.74, 6) is 0. The van der Waals surface area contributed by atoms with Gasteiger partial charge >= 0.3 is 0 Å². The fourth-order valence-electron chi connectivity index (χ4n) is 3.85. The lowest BCUT2D eigenvalue weighted by molar-refractivity contribution is 0.0777. The molecule has 3 aromatic rings. The molecule has 3 heterocycles. The molecule has 0 fully saturated rings. The van der Waals surface area contributed by atoms with E-state index in [1.165, 1.54) is 18.6 Å². The molecular formula is C37H75N7O7S6Si3. The summed E-state index contributed by atoms with van der Waals surface area (Å²) >= 11 is 3.40. The lowest BCUT2D eigenvalue weighted by atomic mass is 10.2. The van der Waals surface area contributed by atoms with Gasteiger partial charge in [-0.2, -0.15) is 0 Å². The van der Waals surface area contributed by atoms with E-state index in [1.54, 1.807) is 41.5 Å². The second-order valence-corrected chi connectivity index (χ2v) is 47.3. The van der Waals surface area contributed by atoms with Crippen molar-refractivity contribution in [1.29, 1.82) is 0 Å². The molecule has 14 nitrogen and oxygen atoms in total. The van der Waals surface area contributed by atoms with Crippen LogP contribution in [-0.4, -0.2) is 77.0 Å². The van der Waals surface area contributed by atoms with Crippen LogP contribution in [0, 0.1) is 0 Å². The number of aliphatic hydroxyl groups is 3. The van der Waals surface area contributed by atoms with E-state index in [2.05, 4.69) is 125 Å². The summed E-state index contributed by atoms with van der Waals surface area (Å²) in [5, 5.41) is 43.3. The number of thiazole rings is 3. The standard InChI is InChI=1S/C13H25NO3S2Si.2C12H25N3O2S2Si/c1-12(2,3)20(6,7)9-19(16,17)10-8-14-11(18-10)13(4,5)15;2*1-11(2,3)20(6,7)15-19(13,17)9-8-14-10(18-9)12(4,5)16/h8,15H,9H2,1-7H3;2*8,16H,1-7H3,(H2,13,15,17). The van der Waals surface area contributed by atoms with Crippen LogP contribution >= 0.6 is 34.0 Å². The van der Waals surface area contributed by atoms with Crippen molar-refractivity contribution in [1.82, 2.24) is 15.0 Å². The highest BCUT2D eigenvalue weighted by Crippen LogP contribution is 2.41. The van der Waals surface area contributed by atoms with Gasteiger partial charge in [-0.15, -0.1) is 34.0 Å². The lowest BCUT2D eigenvalue weighted by Gasteiger charge is -2.36. The van der Waals surface area contributed by atoms with Crippen molar-refractivity contribution in [2.24, 2.45) is 18.3 Å². The Morgan fingerprint density at radius 3 is 0.983 bits per heavy atom. The Labute approximate surface area is 377 Å². The molecule has 0 aliphatic rings. The van der Waals surface area contributed by atoms with E-state index < -0.39 is 71.0 Å². The van der Waals surface area contributed by atoms with Crippen LogP contribution in [0.1, 0.15) is 119 Å². The number of rotatable bonds is 10. The Morgan fingerprint density at radius 1 is 0.517 bits per heavy atom. The molecule has 3 aromatic heterocycles. The Morgan fingerprint density at radius 2 is 0.767 bits per heavy atom. The maximum Gasteiger partial charge on any atom is 0.195 e. The maximum atomic E-state index is 12.7. The third-order valence-corrected chi connectivity index (χ3v) is 40.9. The summed E-state index contributed by atoms with van der Waals surface area (Å²) in [7, 11) is -15.4. The average molecular weight is 1010 g/mol. The minimum Gasteiger partial charge on any atom is -0.383 e. The summed E-state index contributed by atoms with van der Waals surface area (Å²) in [6, 6.07) is 0. The van der Waals surface area contributed by atoms with Crippen molar-refractivity contribution in [2.45, 2.75) is 188 Å². The van der Waals surface area contributed by atoms with E-state index in [4.69, 9.17) is 10.3 Å². The Bertz CT molecular complexity index is 2190. The lowest BCUT2D eigenvalue weighted by Crippen LogP contribution is -2.44. The van der Waals surface area contributed by atoms with Gasteiger partial charge in [-0.1, -0.05) is 75.4 Å². The van der Waals surface area contributed by atoms with Crippen molar-refractivity contribution in [2.75, 3.05) is 5.38 Å². The second kappa shape index (κ2) is 18.6. The van der Waals surface area contributed by atoms with E-state index >= 15 is 0 Å². The smallest absolute Gasteiger partial charge is 0.195 e. The van der Waals surface area contributed by atoms with E-state index in [0.717, 1.165) is 34.0 Å². The first-order valence-electron chi connectivity index (χ1n) is 19.4. The normalized spacial score (nSPS) is 16.1. The molecule has 23 heteroatoms. The average Bonchev–Trinajstić information content (AvgIpc) is 3.75. The first-order valence-corrected chi connectivity index (χ1v) is 35.8. The molecule has 0 aliphatic heterocycles. The largest absolute Gasteiger partial charge is 0.383 e. The molecule has 60 heavy (non-hydrogen) atoms. The van der Waals surface area contributed by atoms with Crippen LogP contribution in [0.5, 0.6) is 0 Å². The van der Waals surface area contributed by atoms with E-state index in [1.807, 2.05) is 0 Å². The molecule has 0 spiro atoms. The van der Waals surface area contributed by atoms with Crippen LogP contribution < -0.4 is 10.3 Å². The predicted octanol–water partition coefficient (Wildman–Crippen LogP) is 9.34. The van der Waals surface area contributed by atoms with Gasteiger partial charge in [0.1, 0.15) is 64.3 Å². The molecule has 348 valence electrons. The summed E-state index contributed by atoms with van der Waals surface area (Å²) in [6.07, 6.45) is 4.31. The van der Waals surface area contributed by atoms with Gasteiger partial charge in [-0.05, 0) is 82.8 Å². The molecule has 3 rings (SSSR count). The first-order chi connectivity index (χ1) is 26.0. The Hall–Kier alpha value is -0.809. The van der Waals surface area contributed by atoms with Gasteiger partial charge in [0.05, 0.1) is 26.7 Å². The van der Waals surface area contributed by atoms with Gasteiger partial charge in [0.15, 0.2) is 26.3 Å². The first kappa shape index (κ1) is 57.2. The number of nitrogens with zero attached hydrogens (tertiary/aromatic N) is 5. The second-order valence-electron chi connectivity index (χ2n) is 21.5. The van der Waals surface area contributed by atoms with Crippen molar-refractivity contribution >= 4 is 88.2 Å². The van der Waals surface area contributed by atoms with E-state index in [0.29, 0.717) is 23.4 Å². The highest BCUT2D eigenvalue weighted by Gasteiger charge is 2.41. The van der Waals surface area contributed by atoms with Crippen LogP contribution in [0.15, 0.2) is 39.3 Å².